The van der Waals surface area contributed by atoms with Crippen LogP contribution >= 0.6 is 11.6 Å². The van der Waals surface area contributed by atoms with E-state index in [9.17, 15) is 8.78 Å². The van der Waals surface area contributed by atoms with Crippen LogP contribution in [0, 0.1) is 11.6 Å². The molecule has 0 radical (unpaired) electrons. The number of benzene rings is 1. The van der Waals surface area contributed by atoms with Gasteiger partial charge in [0.15, 0.2) is 11.6 Å². The molecule has 100 valence electrons. The molecule has 0 atom stereocenters. The molecule has 0 saturated carbocycles. The number of ether oxygens (including phenoxy) is 1. The maximum Gasteiger partial charge on any atom is 0.227 e. The lowest BCUT2D eigenvalue weighted by Crippen LogP contribution is -1.99. The molecule has 0 spiro atoms. The van der Waals surface area contributed by atoms with Crippen LogP contribution < -0.4 is 4.74 Å². The molecule has 0 fully saturated rings. The Balaban J connectivity index is 2.37. The first-order chi connectivity index (χ1) is 9.11. The van der Waals surface area contributed by atoms with Gasteiger partial charge in [0.25, 0.3) is 0 Å². The Hall–Kier alpha value is -1.75. The van der Waals surface area contributed by atoms with Crippen molar-refractivity contribution in [1.82, 2.24) is 9.97 Å². The van der Waals surface area contributed by atoms with E-state index in [4.69, 9.17) is 16.3 Å². The summed E-state index contributed by atoms with van der Waals surface area (Å²) in [5.74, 6) is -1.34. The Kier molecular flexibility index (Phi) is 4.27. The molecule has 1 heterocycles. The SMILES string of the molecule is CCCc1c(Cl)ncnc1Oc1cc(F)ccc1F. The molecule has 6 heteroatoms. The monoisotopic (exact) mass is 284 g/mol. The largest absolute Gasteiger partial charge is 0.435 e. The van der Waals surface area contributed by atoms with Crippen molar-refractivity contribution in [3.05, 3.63) is 46.9 Å². The fourth-order valence-electron chi connectivity index (χ4n) is 1.58. The normalized spacial score (nSPS) is 10.5. The van der Waals surface area contributed by atoms with E-state index in [0.717, 1.165) is 24.6 Å². The third-order valence-electron chi connectivity index (χ3n) is 2.45. The summed E-state index contributed by atoms with van der Waals surface area (Å²) in [6, 6.07) is 2.97. The number of hydrogen-bond acceptors (Lipinski definition) is 3. The summed E-state index contributed by atoms with van der Waals surface area (Å²) in [5.41, 5.74) is 0.579. The molecule has 2 aromatic rings. The highest BCUT2D eigenvalue weighted by Crippen LogP contribution is 2.29. The number of nitrogens with zero attached hydrogens (tertiary/aromatic N) is 2. The van der Waals surface area contributed by atoms with Crippen LogP contribution in [0.2, 0.25) is 5.15 Å². The van der Waals surface area contributed by atoms with Crippen LogP contribution in [-0.4, -0.2) is 9.97 Å². The van der Waals surface area contributed by atoms with Crippen molar-refractivity contribution in [3.8, 4) is 11.6 Å². The lowest BCUT2D eigenvalue weighted by molar-refractivity contribution is 0.416. The van der Waals surface area contributed by atoms with E-state index in [1.807, 2.05) is 6.92 Å². The first-order valence-electron chi connectivity index (χ1n) is 5.74. The molecular formula is C13H11ClF2N2O. The van der Waals surface area contributed by atoms with Gasteiger partial charge in [0, 0.05) is 6.07 Å². The first kappa shape index (κ1) is 13.7. The lowest BCUT2D eigenvalue weighted by Gasteiger charge is -2.10. The second-order valence-electron chi connectivity index (χ2n) is 3.87. The molecule has 0 bridgehead atoms. The van der Waals surface area contributed by atoms with Gasteiger partial charge >= 0.3 is 0 Å². The zero-order valence-electron chi connectivity index (χ0n) is 10.2. The highest BCUT2D eigenvalue weighted by atomic mass is 35.5. The van der Waals surface area contributed by atoms with E-state index in [1.165, 1.54) is 6.33 Å². The Labute approximate surface area is 114 Å². The molecule has 0 saturated heterocycles. The predicted molar refractivity (Wildman–Crippen MR) is 67.5 cm³/mol. The third kappa shape index (κ3) is 3.17. The molecule has 2 rings (SSSR count). The molecule has 0 unspecified atom stereocenters. The third-order valence-corrected chi connectivity index (χ3v) is 2.78. The van der Waals surface area contributed by atoms with Gasteiger partial charge in [-0.3, -0.25) is 0 Å². The molecule has 1 aromatic heterocycles. The first-order valence-corrected chi connectivity index (χ1v) is 6.12. The van der Waals surface area contributed by atoms with Crippen molar-refractivity contribution in [2.75, 3.05) is 0 Å². The number of aromatic nitrogens is 2. The highest BCUT2D eigenvalue weighted by Gasteiger charge is 2.14. The summed E-state index contributed by atoms with van der Waals surface area (Å²) in [6.45, 7) is 1.95. The summed E-state index contributed by atoms with van der Waals surface area (Å²) in [4.78, 5) is 7.76. The van der Waals surface area contributed by atoms with Gasteiger partial charge in [0.2, 0.25) is 5.88 Å². The average molecular weight is 285 g/mol. The van der Waals surface area contributed by atoms with Crippen LogP contribution in [-0.2, 0) is 6.42 Å². The van der Waals surface area contributed by atoms with Gasteiger partial charge in [0.1, 0.15) is 17.3 Å². The summed E-state index contributed by atoms with van der Waals surface area (Å²) in [7, 11) is 0. The van der Waals surface area contributed by atoms with Gasteiger partial charge in [-0.2, -0.15) is 0 Å². The second kappa shape index (κ2) is 5.93. The minimum atomic E-state index is -0.668. The predicted octanol–water partition coefficient (Wildman–Crippen LogP) is 4.15. The quantitative estimate of drug-likeness (QED) is 0.791. The fraction of sp³-hybridized carbons (Fsp3) is 0.231. The number of halogens is 3. The Morgan fingerprint density at radius 2 is 2.05 bits per heavy atom. The molecule has 0 amide bonds. The minimum absolute atomic E-state index is 0.145. The molecule has 0 aliphatic rings. The summed E-state index contributed by atoms with van der Waals surface area (Å²) in [5, 5.41) is 0.253. The highest BCUT2D eigenvalue weighted by molar-refractivity contribution is 6.30. The Morgan fingerprint density at radius 3 is 2.79 bits per heavy atom. The topological polar surface area (TPSA) is 35.0 Å². The van der Waals surface area contributed by atoms with E-state index in [2.05, 4.69) is 9.97 Å². The van der Waals surface area contributed by atoms with Gasteiger partial charge in [-0.1, -0.05) is 24.9 Å². The molecule has 3 nitrogen and oxygen atoms in total. The van der Waals surface area contributed by atoms with Crippen molar-refractivity contribution in [3.63, 3.8) is 0 Å². The molecule has 19 heavy (non-hydrogen) atoms. The van der Waals surface area contributed by atoms with Crippen LogP contribution in [0.3, 0.4) is 0 Å². The number of hydrogen-bond donors (Lipinski definition) is 0. The summed E-state index contributed by atoms with van der Waals surface area (Å²) in [6.07, 6.45) is 2.61. The van der Waals surface area contributed by atoms with E-state index in [0.29, 0.717) is 12.0 Å². The van der Waals surface area contributed by atoms with E-state index >= 15 is 0 Å². The van der Waals surface area contributed by atoms with Crippen molar-refractivity contribution in [1.29, 1.82) is 0 Å². The van der Waals surface area contributed by atoms with E-state index < -0.39 is 11.6 Å². The zero-order chi connectivity index (χ0) is 13.8. The van der Waals surface area contributed by atoms with E-state index in [-0.39, 0.29) is 16.8 Å². The zero-order valence-corrected chi connectivity index (χ0v) is 10.9. The fourth-order valence-corrected chi connectivity index (χ4v) is 1.80. The Morgan fingerprint density at radius 1 is 1.26 bits per heavy atom. The standard InChI is InChI=1S/C13H11ClF2N2O/c1-2-3-9-12(14)17-7-18-13(9)19-11-6-8(15)4-5-10(11)16/h4-7H,2-3H2,1H3. The van der Waals surface area contributed by atoms with Gasteiger partial charge in [-0.05, 0) is 18.6 Å². The van der Waals surface area contributed by atoms with Crippen LogP contribution in [0.4, 0.5) is 8.78 Å². The minimum Gasteiger partial charge on any atom is -0.435 e. The maximum atomic E-state index is 13.5. The van der Waals surface area contributed by atoms with Gasteiger partial charge in [0.05, 0.1) is 5.56 Å². The van der Waals surface area contributed by atoms with E-state index in [1.54, 1.807) is 0 Å². The van der Waals surface area contributed by atoms with Crippen LogP contribution in [0.25, 0.3) is 0 Å². The van der Waals surface area contributed by atoms with Crippen molar-refractivity contribution in [2.45, 2.75) is 19.8 Å². The van der Waals surface area contributed by atoms with Gasteiger partial charge in [-0.15, -0.1) is 0 Å². The van der Waals surface area contributed by atoms with Crippen LogP contribution in [0.5, 0.6) is 11.6 Å². The van der Waals surface area contributed by atoms with Crippen molar-refractivity contribution >= 4 is 11.6 Å². The number of rotatable bonds is 4. The van der Waals surface area contributed by atoms with Crippen molar-refractivity contribution < 1.29 is 13.5 Å². The van der Waals surface area contributed by atoms with Gasteiger partial charge < -0.3 is 4.74 Å². The molecular weight excluding hydrogens is 274 g/mol. The molecule has 1 aromatic carbocycles. The smallest absolute Gasteiger partial charge is 0.227 e. The average Bonchev–Trinajstić information content (AvgIpc) is 2.38. The molecule has 0 N–H and O–H groups in total. The molecule has 0 aliphatic heterocycles. The second-order valence-corrected chi connectivity index (χ2v) is 4.23. The lowest BCUT2D eigenvalue weighted by atomic mass is 10.2. The summed E-state index contributed by atoms with van der Waals surface area (Å²) >= 11 is 5.95. The Bertz CT molecular complexity index is 593. The maximum absolute atomic E-state index is 13.5. The molecule has 0 aliphatic carbocycles. The van der Waals surface area contributed by atoms with Crippen LogP contribution in [0.1, 0.15) is 18.9 Å². The van der Waals surface area contributed by atoms with Crippen LogP contribution in [0.15, 0.2) is 24.5 Å². The van der Waals surface area contributed by atoms with Crippen molar-refractivity contribution in [2.24, 2.45) is 0 Å². The summed E-state index contributed by atoms with van der Waals surface area (Å²) < 4.78 is 31.9. The van der Waals surface area contributed by atoms with Gasteiger partial charge in [-0.25, -0.2) is 18.7 Å².